The van der Waals surface area contributed by atoms with E-state index in [0.717, 1.165) is 29.8 Å². The second-order valence-electron chi connectivity index (χ2n) is 3.05. The van der Waals surface area contributed by atoms with Crippen LogP contribution in [0.3, 0.4) is 0 Å². The van der Waals surface area contributed by atoms with Gasteiger partial charge in [0.2, 0.25) is 0 Å². The lowest BCUT2D eigenvalue weighted by atomic mass is 10.2. The Kier molecular flexibility index (Phi) is 2.75. The van der Waals surface area contributed by atoms with E-state index in [1.807, 2.05) is 0 Å². The molecule has 2 N–H and O–H groups in total. The van der Waals surface area contributed by atoms with Crippen LogP contribution in [-0.4, -0.2) is 29.1 Å². The number of rotatable bonds is 2. The summed E-state index contributed by atoms with van der Waals surface area (Å²) in [5, 5.41) is 6.64. The average Bonchev–Trinajstić information content (AvgIpc) is 2.61. The summed E-state index contributed by atoms with van der Waals surface area (Å²) in [6.07, 6.45) is 4.45. The predicted octanol–water partition coefficient (Wildman–Crippen LogP) is 1.01. The van der Waals surface area contributed by atoms with Crippen LogP contribution >= 0.6 is 15.9 Å². The molecule has 2 rings (SSSR count). The highest BCUT2D eigenvalue weighted by atomic mass is 79.9. The van der Waals surface area contributed by atoms with Gasteiger partial charge in [0.15, 0.2) is 0 Å². The third-order valence-electron chi connectivity index (χ3n) is 2.07. The molecule has 1 fully saturated rings. The number of anilines is 1. The van der Waals surface area contributed by atoms with Crippen LogP contribution in [0.5, 0.6) is 0 Å². The van der Waals surface area contributed by atoms with Crippen molar-refractivity contribution in [3.8, 4) is 0 Å². The smallest absolute Gasteiger partial charge is 0.143 e. The lowest BCUT2D eigenvalue weighted by molar-refractivity contribution is 0.786. The zero-order valence-corrected chi connectivity index (χ0v) is 8.71. The number of halogens is 1. The third kappa shape index (κ3) is 2.16. The van der Waals surface area contributed by atoms with Gasteiger partial charge in [-0.15, -0.1) is 0 Å². The molecule has 0 aliphatic carbocycles. The molecule has 1 aliphatic rings. The van der Waals surface area contributed by atoms with Crippen molar-refractivity contribution in [2.45, 2.75) is 12.5 Å². The Morgan fingerprint density at radius 1 is 1.62 bits per heavy atom. The molecule has 1 aromatic rings. The fraction of sp³-hybridized carbons (Fsp3) is 0.500. The summed E-state index contributed by atoms with van der Waals surface area (Å²) < 4.78 is 0.918. The van der Waals surface area contributed by atoms with Crippen molar-refractivity contribution >= 4 is 21.7 Å². The largest absolute Gasteiger partial charge is 0.365 e. The molecule has 0 spiro atoms. The van der Waals surface area contributed by atoms with E-state index >= 15 is 0 Å². The lowest BCUT2D eigenvalue weighted by Crippen LogP contribution is -2.22. The molecule has 1 unspecified atom stereocenters. The number of hydrogen-bond acceptors (Lipinski definition) is 4. The molecule has 0 radical (unpaired) electrons. The molecule has 1 aromatic heterocycles. The first kappa shape index (κ1) is 8.90. The Hall–Kier alpha value is -0.680. The van der Waals surface area contributed by atoms with Crippen LogP contribution in [0.15, 0.2) is 17.0 Å². The molecule has 13 heavy (non-hydrogen) atoms. The van der Waals surface area contributed by atoms with E-state index in [4.69, 9.17) is 0 Å². The first-order valence-corrected chi connectivity index (χ1v) is 5.08. The van der Waals surface area contributed by atoms with Crippen LogP contribution in [0, 0.1) is 0 Å². The predicted molar refractivity (Wildman–Crippen MR) is 54.6 cm³/mol. The first-order chi connectivity index (χ1) is 6.36. The Balaban J connectivity index is 2.04. The molecule has 2 heterocycles. The maximum atomic E-state index is 4.14. The molecule has 1 aliphatic heterocycles. The van der Waals surface area contributed by atoms with E-state index in [0.29, 0.717) is 6.04 Å². The Morgan fingerprint density at radius 2 is 2.54 bits per heavy atom. The highest BCUT2D eigenvalue weighted by molar-refractivity contribution is 9.10. The second-order valence-corrected chi connectivity index (χ2v) is 3.91. The van der Waals surface area contributed by atoms with Gasteiger partial charge in [0, 0.05) is 18.8 Å². The van der Waals surface area contributed by atoms with Crippen molar-refractivity contribution in [3.05, 3.63) is 17.0 Å². The van der Waals surface area contributed by atoms with Gasteiger partial charge >= 0.3 is 0 Å². The minimum atomic E-state index is 0.492. The summed E-state index contributed by atoms with van der Waals surface area (Å²) in [4.78, 5) is 8.05. The van der Waals surface area contributed by atoms with Gasteiger partial charge in [-0.3, -0.25) is 0 Å². The maximum absolute atomic E-state index is 4.14. The van der Waals surface area contributed by atoms with E-state index in [1.165, 1.54) is 0 Å². The summed E-state index contributed by atoms with van der Waals surface area (Å²) in [6.45, 7) is 2.09. The van der Waals surface area contributed by atoms with Gasteiger partial charge in [-0.1, -0.05) is 0 Å². The quantitative estimate of drug-likeness (QED) is 0.814. The zero-order chi connectivity index (χ0) is 9.10. The summed E-state index contributed by atoms with van der Waals surface area (Å²) >= 11 is 3.40. The molecular weight excluding hydrogens is 232 g/mol. The molecule has 0 aromatic carbocycles. The minimum Gasteiger partial charge on any atom is -0.365 e. The van der Waals surface area contributed by atoms with E-state index in [1.54, 1.807) is 12.5 Å². The van der Waals surface area contributed by atoms with Crippen LogP contribution in [0.1, 0.15) is 6.42 Å². The monoisotopic (exact) mass is 242 g/mol. The van der Waals surface area contributed by atoms with Crippen LogP contribution in [0.2, 0.25) is 0 Å². The SMILES string of the molecule is Brc1cncnc1NC1CCNC1. The molecule has 1 atom stereocenters. The van der Waals surface area contributed by atoms with Crippen molar-refractivity contribution in [2.24, 2.45) is 0 Å². The molecule has 0 bridgehead atoms. The molecular formula is C8H11BrN4. The Labute approximate surface area is 85.3 Å². The fourth-order valence-electron chi connectivity index (χ4n) is 1.39. The third-order valence-corrected chi connectivity index (χ3v) is 2.65. The Morgan fingerprint density at radius 3 is 3.23 bits per heavy atom. The second kappa shape index (κ2) is 4.02. The number of nitrogens with zero attached hydrogens (tertiary/aromatic N) is 2. The lowest BCUT2D eigenvalue weighted by Gasteiger charge is -2.12. The molecule has 0 amide bonds. The number of nitrogens with one attached hydrogen (secondary N) is 2. The minimum absolute atomic E-state index is 0.492. The van der Waals surface area contributed by atoms with Crippen LogP contribution in [0.4, 0.5) is 5.82 Å². The van der Waals surface area contributed by atoms with Crippen LogP contribution in [0.25, 0.3) is 0 Å². The van der Waals surface area contributed by atoms with Crippen molar-refractivity contribution in [1.29, 1.82) is 0 Å². The van der Waals surface area contributed by atoms with Gasteiger partial charge in [0.1, 0.15) is 12.1 Å². The molecule has 5 heteroatoms. The molecule has 70 valence electrons. The van der Waals surface area contributed by atoms with Gasteiger partial charge in [0.05, 0.1) is 4.47 Å². The molecule has 1 saturated heterocycles. The highest BCUT2D eigenvalue weighted by Crippen LogP contribution is 2.18. The van der Waals surface area contributed by atoms with Gasteiger partial charge in [0.25, 0.3) is 0 Å². The Bertz CT molecular complexity index is 285. The topological polar surface area (TPSA) is 49.8 Å². The van der Waals surface area contributed by atoms with Crippen molar-refractivity contribution in [1.82, 2.24) is 15.3 Å². The standard InChI is InChI=1S/C8H11BrN4/c9-7-4-11-5-12-8(7)13-6-1-2-10-3-6/h4-6,10H,1-3H2,(H,11,12,13). The average molecular weight is 243 g/mol. The molecule has 0 saturated carbocycles. The van der Waals surface area contributed by atoms with E-state index in [9.17, 15) is 0 Å². The van der Waals surface area contributed by atoms with Crippen molar-refractivity contribution in [2.75, 3.05) is 18.4 Å². The first-order valence-electron chi connectivity index (χ1n) is 4.29. The van der Waals surface area contributed by atoms with Gasteiger partial charge in [-0.05, 0) is 28.9 Å². The summed E-state index contributed by atoms with van der Waals surface area (Å²) in [5.41, 5.74) is 0. The summed E-state index contributed by atoms with van der Waals surface area (Å²) in [7, 11) is 0. The van der Waals surface area contributed by atoms with Gasteiger partial charge < -0.3 is 10.6 Å². The normalized spacial score (nSPS) is 21.8. The van der Waals surface area contributed by atoms with Crippen LogP contribution < -0.4 is 10.6 Å². The van der Waals surface area contributed by atoms with E-state index < -0.39 is 0 Å². The summed E-state index contributed by atoms with van der Waals surface area (Å²) in [6, 6.07) is 0.492. The fourth-order valence-corrected chi connectivity index (χ4v) is 1.73. The maximum Gasteiger partial charge on any atom is 0.143 e. The van der Waals surface area contributed by atoms with E-state index in [-0.39, 0.29) is 0 Å². The van der Waals surface area contributed by atoms with E-state index in [2.05, 4.69) is 36.5 Å². The number of hydrogen-bond donors (Lipinski definition) is 2. The highest BCUT2D eigenvalue weighted by Gasteiger charge is 2.15. The zero-order valence-electron chi connectivity index (χ0n) is 7.13. The molecule has 4 nitrogen and oxygen atoms in total. The van der Waals surface area contributed by atoms with Crippen molar-refractivity contribution < 1.29 is 0 Å². The summed E-state index contributed by atoms with van der Waals surface area (Å²) in [5.74, 6) is 0.878. The van der Waals surface area contributed by atoms with Gasteiger partial charge in [-0.25, -0.2) is 9.97 Å². The van der Waals surface area contributed by atoms with Crippen LogP contribution in [-0.2, 0) is 0 Å². The van der Waals surface area contributed by atoms with Crippen molar-refractivity contribution in [3.63, 3.8) is 0 Å². The number of aromatic nitrogens is 2. The van der Waals surface area contributed by atoms with Gasteiger partial charge in [-0.2, -0.15) is 0 Å².